The molecule has 0 heterocycles. The monoisotopic (exact) mass is 486 g/mol. The topological polar surface area (TPSA) is 93.7 Å². The van der Waals surface area contributed by atoms with Gasteiger partial charge < -0.3 is 20.1 Å². The highest BCUT2D eigenvalue weighted by Crippen LogP contribution is 2.32. The van der Waals surface area contributed by atoms with Crippen molar-refractivity contribution < 1.29 is 37.0 Å². The SMILES string of the molecule is CCOC(=O)Oc1ccc(C(=O)NCc2cccc(NC(=O)c3ccccc3C(F)(F)F)c2)cc1. The number of carbonyl (C=O) groups is 3. The van der Waals surface area contributed by atoms with Crippen LogP contribution in [-0.2, 0) is 17.5 Å². The molecule has 0 spiro atoms. The third-order valence-corrected chi connectivity index (χ3v) is 4.69. The molecule has 3 aromatic rings. The Labute approximate surface area is 198 Å². The van der Waals surface area contributed by atoms with Crippen LogP contribution in [0.1, 0.15) is 38.8 Å². The van der Waals surface area contributed by atoms with E-state index >= 15 is 0 Å². The molecule has 3 rings (SSSR count). The molecule has 0 saturated carbocycles. The summed E-state index contributed by atoms with van der Waals surface area (Å²) in [6.07, 6.45) is -5.51. The van der Waals surface area contributed by atoms with Gasteiger partial charge in [0.25, 0.3) is 11.8 Å². The minimum atomic E-state index is -4.66. The maximum atomic E-state index is 13.2. The van der Waals surface area contributed by atoms with Crippen molar-refractivity contribution in [1.82, 2.24) is 5.32 Å². The number of hydrogen-bond acceptors (Lipinski definition) is 5. The van der Waals surface area contributed by atoms with Crippen LogP contribution in [0.25, 0.3) is 0 Å². The van der Waals surface area contributed by atoms with Gasteiger partial charge in [-0.1, -0.05) is 24.3 Å². The molecule has 0 fully saturated rings. The van der Waals surface area contributed by atoms with Crippen LogP contribution in [0.4, 0.5) is 23.7 Å². The number of benzene rings is 3. The Morgan fingerprint density at radius 2 is 1.60 bits per heavy atom. The van der Waals surface area contributed by atoms with Crippen LogP contribution in [0.3, 0.4) is 0 Å². The predicted octanol–water partition coefficient (Wildman–Crippen LogP) is 5.42. The highest BCUT2D eigenvalue weighted by Gasteiger charge is 2.34. The van der Waals surface area contributed by atoms with E-state index in [9.17, 15) is 27.6 Å². The Balaban J connectivity index is 1.61. The maximum absolute atomic E-state index is 13.2. The summed E-state index contributed by atoms with van der Waals surface area (Å²) in [4.78, 5) is 36.2. The molecule has 3 aromatic carbocycles. The largest absolute Gasteiger partial charge is 0.513 e. The summed E-state index contributed by atoms with van der Waals surface area (Å²) in [5, 5.41) is 5.16. The molecule has 0 aromatic heterocycles. The second kappa shape index (κ2) is 11.2. The number of carbonyl (C=O) groups excluding carboxylic acids is 3. The van der Waals surface area contributed by atoms with E-state index in [0.717, 1.165) is 12.1 Å². The van der Waals surface area contributed by atoms with Crippen molar-refractivity contribution in [1.29, 1.82) is 0 Å². The van der Waals surface area contributed by atoms with Crippen LogP contribution in [-0.4, -0.2) is 24.6 Å². The normalized spacial score (nSPS) is 10.9. The number of rotatable bonds is 7. The molecule has 0 saturated heterocycles. The quantitative estimate of drug-likeness (QED) is 0.344. The fraction of sp³-hybridized carbons (Fsp3) is 0.160. The molecule has 0 aliphatic heterocycles. The van der Waals surface area contributed by atoms with Gasteiger partial charge in [-0.25, -0.2) is 4.79 Å². The number of nitrogens with one attached hydrogen (secondary N) is 2. The summed E-state index contributed by atoms with van der Waals surface area (Å²) in [6, 6.07) is 16.7. The van der Waals surface area contributed by atoms with Crippen LogP contribution in [0, 0.1) is 0 Å². The summed E-state index contributed by atoms with van der Waals surface area (Å²) in [5.74, 6) is -1.08. The smallest absolute Gasteiger partial charge is 0.434 e. The zero-order valence-electron chi connectivity index (χ0n) is 18.5. The van der Waals surface area contributed by atoms with Crippen LogP contribution in [0.2, 0.25) is 0 Å². The molecule has 7 nitrogen and oxygen atoms in total. The van der Waals surface area contributed by atoms with E-state index < -0.39 is 35.3 Å². The Hall–Kier alpha value is -4.34. The summed E-state index contributed by atoms with van der Waals surface area (Å²) in [7, 11) is 0. The number of ether oxygens (including phenoxy) is 2. The molecular weight excluding hydrogens is 465 g/mol. The zero-order valence-corrected chi connectivity index (χ0v) is 18.5. The van der Waals surface area contributed by atoms with E-state index in [1.54, 1.807) is 25.1 Å². The zero-order chi connectivity index (χ0) is 25.4. The highest BCUT2D eigenvalue weighted by molar-refractivity contribution is 6.05. The van der Waals surface area contributed by atoms with Crippen molar-refractivity contribution in [3.63, 3.8) is 0 Å². The third-order valence-electron chi connectivity index (χ3n) is 4.69. The van der Waals surface area contributed by atoms with Gasteiger partial charge in [-0.3, -0.25) is 9.59 Å². The average Bonchev–Trinajstić information content (AvgIpc) is 2.83. The van der Waals surface area contributed by atoms with Crippen LogP contribution in [0.15, 0.2) is 72.8 Å². The number of anilines is 1. The van der Waals surface area contributed by atoms with Crippen molar-refractivity contribution in [2.24, 2.45) is 0 Å². The summed E-state index contributed by atoms with van der Waals surface area (Å²) < 4.78 is 49.2. The van der Waals surface area contributed by atoms with Gasteiger partial charge in [0.1, 0.15) is 5.75 Å². The molecule has 0 radical (unpaired) electrons. The average molecular weight is 486 g/mol. The lowest BCUT2D eigenvalue weighted by Gasteiger charge is -2.13. The maximum Gasteiger partial charge on any atom is 0.513 e. The minimum absolute atomic E-state index is 0.1000. The van der Waals surface area contributed by atoms with Gasteiger partial charge in [-0.05, 0) is 61.0 Å². The van der Waals surface area contributed by atoms with Gasteiger partial charge in [-0.2, -0.15) is 13.2 Å². The molecule has 35 heavy (non-hydrogen) atoms. The summed E-state index contributed by atoms with van der Waals surface area (Å²) >= 11 is 0. The third kappa shape index (κ3) is 7.07. The molecule has 0 bridgehead atoms. The number of hydrogen-bond donors (Lipinski definition) is 2. The number of alkyl halides is 3. The van der Waals surface area contributed by atoms with Crippen molar-refractivity contribution in [2.45, 2.75) is 19.6 Å². The first-order valence-corrected chi connectivity index (χ1v) is 10.5. The molecule has 0 aliphatic carbocycles. The lowest BCUT2D eigenvalue weighted by Crippen LogP contribution is -2.23. The Kier molecular flexibility index (Phi) is 8.08. The van der Waals surface area contributed by atoms with Crippen LogP contribution in [0.5, 0.6) is 5.75 Å². The second-order valence-corrected chi connectivity index (χ2v) is 7.19. The first kappa shape index (κ1) is 25.3. The Morgan fingerprint density at radius 3 is 2.29 bits per heavy atom. The van der Waals surface area contributed by atoms with E-state index in [2.05, 4.69) is 15.4 Å². The second-order valence-electron chi connectivity index (χ2n) is 7.19. The van der Waals surface area contributed by atoms with Crippen LogP contribution >= 0.6 is 0 Å². The fourth-order valence-corrected chi connectivity index (χ4v) is 3.09. The standard InChI is InChI=1S/C25H21F3N2O5/c1-2-34-24(33)35-19-12-10-17(11-13-19)22(31)29-15-16-6-5-7-18(14-16)30-23(32)20-8-3-4-9-21(20)25(26,27)28/h3-14H,2,15H2,1H3,(H,29,31)(H,30,32). The molecule has 0 atom stereocenters. The molecule has 2 amide bonds. The van der Waals surface area contributed by atoms with E-state index in [-0.39, 0.29) is 24.6 Å². The van der Waals surface area contributed by atoms with Gasteiger partial charge in [0.2, 0.25) is 0 Å². The van der Waals surface area contributed by atoms with Gasteiger partial charge >= 0.3 is 12.3 Å². The first-order chi connectivity index (χ1) is 16.7. The van der Waals surface area contributed by atoms with E-state index in [1.807, 2.05) is 0 Å². The van der Waals surface area contributed by atoms with Gasteiger partial charge in [0.05, 0.1) is 17.7 Å². The van der Waals surface area contributed by atoms with Gasteiger partial charge in [0, 0.05) is 17.8 Å². The molecule has 0 aliphatic rings. The van der Waals surface area contributed by atoms with E-state index in [4.69, 9.17) is 4.74 Å². The first-order valence-electron chi connectivity index (χ1n) is 10.5. The van der Waals surface area contributed by atoms with Gasteiger partial charge in [-0.15, -0.1) is 0 Å². The van der Waals surface area contributed by atoms with Crippen molar-refractivity contribution in [3.8, 4) is 5.75 Å². The molecule has 10 heteroatoms. The van der Waals surface area contributed by atoms with Crippen molar-refractivity contribution in [2.75, 3.05) is 11.9 Å². The van der Waals surface area contributed by atoms with Crippen molar-refractivity contribution in [3.05, 3.63) is 95.1 Å². The lowest BCUT2D eigenvalue weighted by atomic mass is 10.1. The van der Waals surface area contributed by atoms with Crippen molar-refractivity contribution >= 4 is 23.7 Å². The minimum Gasteiger partial charge on any atom is -0.434 e. The van der Waals surface area contributed by atoms with E-state index in [1.165, 1.54) is 42.5 Å². The molecule has 182 valence electrons. The summed E-state index contributed by atoms with van der Waals surface area (Å²) in [5.41, 5.74) is -0.315. The number of amides is 2. The predicted molar refractivity (Wildman–Crippen MR) is 121 cm³/mol. The lowest BCUT2D eigenvalue weighted by molar-refractivity contribution is -0.137. The molecular formula is C25H21F3N2O5. The van der Waals surface area contributed by atoms with Crippen LogP contribution < -0.4 is 15.4 Å². The van der Waals surface area contributed by atoms with Gasteiger partial charge in [0.15, 0.2) is 0 Å². The fourth-order valence-electron chi connectivity index (χ4n) is 3.09. The van der Waals surface area contributed by atoms with E-state index in [0.29, 0.717) is 11.1 Å². The highest BCUT2D eigenvalue weighted by atomic mass is 19.4. The summed E-state index contributed by atoms with van der Waals surface area (Å²) in [6.45, 7) is 1.92. The number of halogens is 3. The Morgan fingerprint density at radius 1 is 0.886 bits per heavy atom. The molecule has 2 N–H and O–H groups in total. The Bertz CT molecular complexity index is 1210. The molecule has 0 unspecified atom stereocenters.